The molecule has 3 heteroatoms. The molecule has 0 radical (unpaired) electrons. The summed E-state index contributed by atoms with van der Waals surface area (Å²) >= 11 is 0. The Morgan fingerprint density at radius 2 is 1.60 bits per heavy atom. The average Bonchev–Trinajstić information content (AvgIpc) is 2.18. The molecular formula is C12H18O2S. The van der Waals surface area contributed by atoms with Gasteiger partial charge in [0.15, 0.2) is 9.84 Å². The van der Waals surface area contributed by atoms with Crippen molar-refractivity contribution in [3.8, 4) is 0 Å². The minimum Gasteiger partial charge on any atom is -0.223 e. The van der Waals surface area contributed by atoms with Gasteiger partial charge in [-0.15, -0.1) is 0 Å². The van der Waals surface area contributed by atoms with Crippen LogP contribution >= 0.6 is 0 Å². The molecule has 0 heterocycles. The first-order valence-electron chi connectivity index (χ1n) is 5.23. The van der Waals surface area contributed by atoms with E-state index in [0.717, 1.165) is 0 Å². The number of sulfone groups is 1. The zero-order valence-electron chi connectivity index (χ0n) is 9.47. The van der Waals surface area contributed by atoms with E-state index in [9.17, 15) is 8.42 Å². The zero-order chi connectivity index (χ0) is 11.5. The molecule has 0 saturated carbocycles. The number of hydrogen-bond acceptors (Lipinski definition) is 2. The van der Waals surface area contributed by atoms with Gasteiger partial charge in [-0.2, -0.15) is 0 Å². The zero-order valence-corrected chi connectivity index (χ0v) is 10.3. The van der Waals surface area contributed by atoms with Crippen LogP contribution in [0.3, 0.4) is 0 Å². The van der Waals surface area contributed by atoms with Crippen LogP contribution < -0.4 is 0 Å². The van der Waals surface area contributed by atoms with Crippen LogP contribution in [0.25, 0.3) is 0 Å². The quantitative estimate of drug-likeness (QED) is 0.791. The SMILES string of the molecule is CC(C)C[C@@H](C)S(=O)(=O)c1ccccc1. The van der Waals surface area contributed by atoms with Gasteiger partial charge in [-0.25, -0.2) is 8.42 Å². The molecule has 0 saturated heterocycles. The maximum absolute atomic E-state index is 12.1. The average molecular weight is 226 g/mol. The van der Waals surface area contributed by atoms with Crippen molar-refractivity contribution in [1.82, 2.24) is 0 Å². The van der Waals surface area contributed by atoms with E-state index in [1.165, 1.54) is 0 Å². The molecule has 0 aromatic heterocycles. The van der Waals surface area contributed by atoms with Crippen LogP contribution in [0.4, 0.5) is 0 Å². The highest BCUT2D eigenvalue weighted by Gasteiger charge is 2.23. The Labute approximate surface area is 92.2 Å². The Morgan fingerprint density at radius 3 is 2.07 bits per heavy atom. The largest absolute Gasteiger partial charge is 0.223 e. The molecule has 1 rings (SSSR count). The minimum atomic E-state index is -3.13. The topological polar surface area (TPSA) is 34.1 Å². The molecule has 1 aromatic carbocycles. The lowest BCUT2D eigenvalue weighted by Gasteiger charge is -2.14. The van der Waals surface area contributed by atoms with Gasteiger partial charge < -0.3 is 0 Å². The Kier molecular flexibility index (Phi) is 3.91. The van der Waals surface area contributed by atoms with Crippen LogP contribution in [0.1, 0.15) is 27.2 Å². The monoisotopic (exact) mass is 226 g/mol. The summed E-state index contributed by atoms with van der Waals surface area (Å²) in [6.07, 6.45) is 0.706. The standard InChI is InChI=1S/C12H18O2S/c1-10(2)9-11(3)15(13,14)12-7-5-4-6-8-12/h4-8,10-11H,9H2,1-3H3/t11-/m1/s1. The van der Waals surface area contributed by atoms with Crippen molar-refractivity contribution in [3.05, 3.63) is 30.3 Å². The first-order valence-corrected chi connectivity index (χ1v) is 6.78. The van der Waals surface area contributed by atoms with Gasteiger partial charge in [-0.1, -0.05) is 32.0 Å². The van der Waals surface area contributed by atoms with Crippen LogP contribution in [0.5, 0.6) is 0 Å². The summed E-state index contributed by atoms with van der Waals surface area (Å²) < 4.78 is 24.1. The van der Waals surface area contributed by atoms with Gasteiger partial charge in [0, 0.05) is 0 Å². The van der Waals surface area contributed by atoms with Crippen molar-refractivity contribution in [2.24, 2.45) is 5.92 Å². The second-order valence-electron chi connectivity index (χ2n) is 4.30. The van der Waals surface area contributed by atoms with Gasteiger partial charge in [0.05, 0.1) is 10.1 Å². The fourth-order valence-corrected chi connectivity index (χ4v) is 3.27. The number of hydrogen-bond donors (Lipinski definition) is 0. The molecule has 0 fully saturated rings. The molecule has 0 amide bonds. The molecular weight excluding hydrogens is 208 g/mol. The van der Waals surface area contributed by atoms with Crippen LogP contribution in [0.2, 0.25) is 0 Å². The van der Waals surface area contributed by atoms with Crippen molar-refractivity contribution < 1.29 is 8.42 Å². The van der Waals surface area contributed by atoms with E-state index >= 15 is 0 Å². The molecule has 0 aliphatic carbocycles. The highest BCUT2D eigenvalue weighted by atomic mass is 32.2. The summed E-state index contributed by atoms with van der Waals surface area (Å²) in [5.74, 6) is 0.401. The summed E-state index contributed by atoms with van der Waals surface area (Å²) in [7, 11) is -3.13. The fourth-order valence-electron chi connectivity index (χ4n) is 1.63. The third-order valence-corrected chi connectivity index (χ3v) is 4.59. The number of rotatable bonds is 4. The Balaban J connectivity index is 2.94. The smallest absolute Gasteiger partial charge is 0.180 e. The summed E-state index contributed by atoms with van der Waals surface area (Å²) in [6.45, 7) is 5.86. The van der Waals surface area contributed by atoms with Gasteiger partial charge in [0.2, 0.25) is 0 Å². The molecule has 0 bridgehead atoms. The van der Waals surface area contributed by atoms with Gasteiger partial charge in [-0.05, 0) is 31.4 Å². The molecule has 1 aromatic rings. The van der Waals surface area contributed by atoms with E-state index in [2.05, 4.69) is 0 Å². The summed E-state index contributed by atoms with van der Waals surface area (Å²) in [6, 6.07) is 8.66. The van der Waals surface area contributed by atoms with E-state index in [0.29, 0.717) is 17.2 Å². The molecule has 0 aliphatic rings. The lowest BCUT2D eigenvalue weighted by atomic mass is 10.1. The predicted octanol–water partition coefficient (Wildman–Crippen LogP) is 2.89. The van der Waals surface area contributed by atoms with E-state index in [1.807, 2.05) is 19.9 Å². The van der Waals surface area contributed by atoms with Crippen molar-refractivity contribution >= 4 is 9.84 Å². The van der Waals surface area contributed by atoms with E-state index in [1.54, 1.807) is 31.2 Å². The first kappa shape index (κ1) is 12.2. The molecule has 0 N–H and O–H groups in total. The number of benzene rings is 1. The third-order valence-electron chi connectivity index (χ3n) is 2.40. The molecule has 2 nitrogen and oxygen atoms in total. The summed E-state index contributed by atoms with van der Waals surface area (Å²) in [5.41, 5.74) is 0. The highest BCUT2D eigenvalue weighted by Crippen LogP contribution is 2.20. The van der Waals surface area contributed by atoms with Crippen molar-refractivity contribution in [2.45, 2.75) is 37.3 Å². The Morgan fingerprint density at radius 1 is 1.07 bits per heavy atom. The van der Waals surface area contributed by atoms with Crippen molar-refractivity contribution in [2.75, 3.05) is 0 Å². The van der Waals surface area contributed by atoms with E-state index in [4.69, 9.17) is 0 Å². The lowest BCUT2D eigenvalue weighted by molar-refractivity contribution is 0.537. The first-order chi connectivity index (χ1) is 6.94. The third kappa shape index (κ3) is 3.06. The predicted molar refractivity (Wildman–Crippen MR) is 62.5 cm³/mol. The second kappa shape index (κ2) is 4.79. The second-order valence-corrected chi connectivity index (χ2v) is 6.66. The fraction of sp³-hybridized carbons (Fsp3) is 0.500. The van der Waals surface area contributed by atoms with Crippen molar-refractivity contribution in [1.29, 1.82) is 0 Å². The highest BCUT2D eigenvalue weighted by molar-refractivity contribution is 7.92. The molecule has 0 spiro atoms. The van der Waals surface area contributed by atoms with E-state index in [-0.39, 0.29) is 5.25 Å². The van der Waals surface area contributed by atoms with Crippen LogP contribution in [-0.4, -0.2) is 13.7 Å². The normalized spacial score (nSPS) is 14.1. The summed E-state index contributed by atoms with van der Waals surface area (Å²) in [5, 5.41) is -0.306. The molecule has 1 atom stereocenters. The van der Waals surface area contributed by atoms with Crippen LogP contribution in [-0.2, 0) is 9.84 Å². The minimum absolute atomic E-state index is 0.306. The maximum Gasteiger partial charge on any atom is 0.180 e. The molecule has 84 valence electrons. The van der Waals surface area contributed by atoms with Gasteiger partial charge in [0.1, 0.15) is 0 Å². The van der Waals surface area contributed by atoms with Crippen LogP contribution in [0.15, 0.2) is 35.2 Å². The van der Waals surface area contributed by atoms with Gasteiger partial charge in [-0.3, -0.25) is 0 Å². The molecule has 15 heavy (non-hydrogen) atoms. The molecule has 0 unspecified atom stereocenters. The van der Waals surface area contributed by atoms with Crippen molar-refractivity contribution in [3.63, 3.8) is 0 Å². The molecule has 0 aliphatic heterocycles. The lowest BCUT2D eigenvalue weighted by Crippen LogP contribution is -2.19. The van der Waals surface area contributed by atoms with Crippen LogP contribution in [0, 0.1) is 5.92 Å². The summed E-state index contributed by atoms with van der Waals surface area (Å²) in [4.78, 5) is 0.429. The maximum atomic E-state index is 12.1. The van der Waals surface area contributed by atoms with Gasteiger partial charge in [0.25, 0.3) is 0 Å². The van der Waals surface area contributed by atoms with Gasteiger partial charge >= 0.3 is 0 Å². The Bertz CT molecular complexity index is 393. The Hall–Kier alpha value is -0.830. The van der Waals surface area contributed by atoms with E-state index < -0.39 is 9.84 Å².